The summed E-state index contributed by atoms with van der Waals surface area (Å²) in [6.07, 6.45) is 0.985. The van der Waals surface area contributed by atoms with Gasteiger partial charge in [0.1, 0.15) is 37.2 Å². The van der Waals surface area contributed by atoms with E-state index in [4.69, 9.17) is 14.5 Å². The van der Waals surface area contributed by atoms with Gasteiger partial charge in [0.05, 0.1) is 101 Å². The number of ether oxygens (including phenoxy) is 2. The third-order valence-corrected chi connectivity index (χ3v) is 22.2. The van der Waals surface area contributed by atoms with Crippen LogP contribution in [0, 0.1) is 18.7 Å². The quantitative estimate of drug-likeness (QED) is 0.0152. The monoisotopic (exact) mass is 1760 g/mol. The number of alkyl carbamates (subject to hydrolysis) is 1. The number of hydrogen-bond donors (Lipinski definition) is 7. The average Bonchev–Trinajstić information content (AvgIpc) is 1.55. The number of aromatic nitrogens is 2. The van der Waals surface area contributed by atoms with Crippen molar-refractivity contribution in [1.29, 1.82) is 0 Å². The Morgan fingerprint density at radius 2 is 1.08 bits per heavy atom. The zero-order chi connectivity index (χ0) is 93.5. The topological polar surface area (TPSA) is 506 Å². The van der Waals surface area contributed by atoms with E-state index in [1.165, 1.54) is 112 Å². The van der Waals surface area contributed by atoms with E-state index in [1.54, 1.807) is 45.9 Å². The molecule has 0 unspecified atom stereocenters. The number of pyridine rings is 2. The Kier molecular flexibility index (Phi) is 32.7. The van der Waals surface area contributed by atoms with Crippen molar-refractivity contribution in [3.8, 4) is 11.4 Å². The van der Waals surface area contributed by atoms with Gasteiger partial charge in [-0.15, -0.1) is 0 Å². The van der Waals surface area contributed by atoms with Gasteiger partial charge in [0.2, 0.25) is 88.6 Å². The number of amides is 18. The minimum absolute atomic E-state index is 0.0208. The van der Waals surface area contributed by atoms with Crippen molar-refractivity contribution in [3.63, 3.8) is 0 Å². The fraction of sp³-hybridized carbons (Fsp3) is 0.506. The second kappa shape index (κ2) is 42.2. The number of aliphatic hydroxyl groups is 1. The van der Waals surface area contributed by atoms with Crippen molar-refractivity contribution < 1.29 is 110 Å². The van der Waals surface area contributed by atoms with Gasteiger partial charge >= 0.3 is 12.1 Å². The molecule has 0 saturated carbocycles. The molecule has 0 bridgehead atoms. The van der Waals surface area contributed by atoms with Gasteiger partial charge in [-0.05, 0) is 85.9 Å². The molecule has 43 heteroatoms. The Labute approximate surface area is 724 Å². The number of cyclic esters (lactones) is 1. The van der Waals surface area contributed by atoms with Crippen LogP contribution in [0.25, 0.3) is 22.3 Å². The lowest BCUT2D eigenvalue weighted by Gasteiger charge is -2.31. The standard InChI is InChI=1S/C83H108FN19O23/c1-17-83(124)54-30-59-76-52(32-103(59)80(121)53(54)44-125-81(83)122)74-56(23-22-51-46(4)55(84)31-58(89-76)73(51)74)90-82(123)126-43-49-18-20-50(21-19-49)87-77(118)47(5)86-79(120)75(45(2)3)91-60(105)25-24-57(78(119)85-28-29-102-62(107)26-27-63(102)108)88-61(106)33-93(8)65(110)35-95(10)67(112)37-97(12)69(114)39-99(14)71(116)41-101(16)72(117)42-100(15)70(115)40-98(13)68(113)38-96(11)66(111)36-94(9)64(109)34-92(7)48(6)104/h18-21,26-27,30-31,45,47,56-57,75,124H,17,22-25,28-29,32-44H2,1-16H3,(H,85,119)(H,86,120)(H,87,118)(H,88,106)(H,90,123)(H,91,105)/t47-,56-,57+,75-,83-/m0/s1. The molecule has 2 aromatic carbocycles. The summed E-state index contributed by atoms with van der Waals surface area (Å²) in [5.74, 6) is -13.7. The van der Waals surface area contributed by atoms with E-state index < -0.39 is 225 Å². The van der Waals surface area contributed by atoms with Gasteiger partial charge in [-0.1, -0.05) is 32.9 Å². The summed E-state index contributed by atoms with van der Waals surface area (Å²) in [4.78, 5) is 279. The Morgan fingerprint density at radius 3 is 1.55 bits per heavy atom. The second-order valence-electron chi connectivity index (χ2n) is 32.1. The summed E-state index contributed by atoms with van der Waals surface area (Å²) in [5.41, 5.74) is 1.68. The van der Waals surface area contributed by atoms with Gasteiger partial charge in [-0.3, -0.25) is 91.2 Å². The molecule has 3 aliphatic heterocycles. The number of imide groups is 1. The van der Waals surface area contributed by atoms with Crippen LogP contribution in [0.5, 0.6) is 0 Å². The van der Waals surface area contributed by atoms with Crippen LogP contribution in [-0.4, -0.2) is 348 Å². The van der Waals surface area contributed by atoms with Crippen LogP contribution in [0.4, 0.5) is 14.9 Å². The number of rotatable bonds is 38. The molecular formula is C83H108FN19O23. The highest BCUT2D eigenvalue weighted by atomic mass is 19.1. The Morgan fingerprint density at radius 1 is 0.603 bits per heavy atom. The average molecular weight is 1760 g/mol. The van der Waals surface area contributed by atoms with Gasteiger partial charge in [-0.2, -0.15) is 0 Å². The number of benzene rings is 2. The number of esters is 1. The highest BCUT2D eigenvalue weighted by Gasteiger charge is 2.47. The Balaban J connectivity index is 0.768. The van der Waals surface area contributed by atoms with Gasteiger partial charge < -0.3 is 100 Å². The Hall–Kier alpha value is -13.6. The molecule has 0 fully saturated rings. The van der Waals surface area contributed by atoms with Crippen molar-refractivity contribution in [2.45, 2.75) is 123 Å². The number of hydrogen-bond acceptors (Lipinski definition) is 24. The highest BCUT2D eigenvalue weighted by Crippen LogP contribution is 2.46. The summed E-state index contributed by atoms with van der Waals surface area (Å²) in [6, 6.07) is 4.45. The van der Waals surface area contributed by atoms with E-state index in [9.17, 15) is 101 Å². The minimum atomic E-state index is -2.09. The predicted octanol–water partition coefficient (Wildman–Crippen LogP) is -3.07. The molecule has 4 aromatic rings. The number of fused-ring (bicyclic) bond motifs is 5. The molecule has 1 aliphatic carbocycles. The van der Waals surface area contributed by atoms with E-state index >= 15 is 4.39 Å². The van der Waals surface area contributed by atoms with Crippen LogP contribution >= 0.6 is 0 Å². The molecule has 5 atom stereocenters. The molecule has 0 saturated heterocycles. The zero-order valence-corrected chi connectivity index (χ0v) is 73.3. The summed E-state index contributed by atoms with van der Waals surface area (Å²) in [6.45, 7) is 2.89. The van der Waals surface area contributed by atoms with Crippen molar-refractivity contribution in [1.82, 2.24) is 90.0 Å². The van der Waals surface area contributed by atoms with Crippen LogP contribution in [0.3, 0.4) is 0 Å². The van der Waals surface area contributed by atoms with E-state index in [1.807, 2.05) is 0 Å². The van der Waals surface area contributed by atoms with Gasteiger partial charge in [0.15, 0.2) is 5.60 Å². The van der Waals surface area contributed by atoms with Crippen LogP contribution in [0.15, 0.2) is 53.3 Å². The molecular weight excluding hydrogens is 1650 g/mol. The van der Waals surface area contributed by atoms with E-state index in [2.05, 4.69) is 31.9 Å². The minimum Gasteiger partial charge on any atom is -0.458 e. The van der Waals surface area contributed by atoms with Crippen molar-refractivity contribution in [3.05, 3.63) is 104 Å². The number of anilines is 1. The second-order valence-corrected chi connectivity index (χ2v) is 32.1. The molecule has 8 rings (SSSR count). The van der Waals surface area contributed by atoms with Crippen LogP contribution in [-0.2, 0) is 128 Å². The maximum absolute atomic E-state index is 15.5. The highest BCUT2D eigenvalue weighted by molar-refractivity contribution is 6.13. The first kappa shape index (κ1) is 97.8. The van der Waals surface area contributed by atoms with E-state index in [0.717, 1.165) is 61.2 Å². The number of carbonyl (C=O) groups is 19. The molecule has 7 N–H and O–H groups in total. The smallest absolute Gasteiger partial charge is 0.407 e. The third-order valence-electron chi connectivity index (χ3n) is 22.2. The lowest BCUT2D eigenvalue weighted by Crippen LogP contribution is -2.54. The molecule has 42 nitrogen and oxygen atoms in total. The fourth-order valence-corrected chi connectivity index (χ4v) is 14.0. The SMILES string of the molecule is CC[C@@]1(O)C(=O)OCc2c1cc1n(c2=O)Cc2c-1nc1cc(F)c(C)c3c1c2[C@@H](NC(=O)OCc1ccc(NC(=O)[C@H](C)NC(=O)[C@@H](NC(=O)CC[C@@H](NC(=O)CN(C)C(=O)CN(C)C(=O)CN(C)C(=O)CN(C)C(=O)CN(C)C(=O)CN(C)C(=O)CN(C)C(=O)CN(C)C(=O)CN(C)C(=O)CN(C)C(C)=O)C(=O)NCCN2C(=O)C=CC2=O)C(C)C)cc1)CC3. The number of halogens is 1. The number of nitrogens with zero attached hydrogens (tertiary/aromatic N) is 13. The summed E-state index contributed by atoms with van der Waals surface area (Å²) in [5, 5.41) is 27.9. The lowest BCUT2D eigenvalue weighted by atomic mass is 9.81. The Bertz CT molecular complexity index is 5110. The predicted molar refractivity (Wildman–Crippen MR) is 445 cm³/mol. The largest absolute Gasteiger partial charge is 0.458 e. The van der Waals surface area contributed by atoms with Gasteiger partial charge in [-0.25, -0.2) is 19.0 Å². The summed E-state index contributed by atoms with van der Waals surface area (Å²) in [7, 11) is 13.0. The molecule has 0 radical (unpaired) electrons. The first-order chi connectivity index (χ1) is 59.1. The first-order valence-electron chi connectivity index (χ1n) is 40.4. The molecule has 0 spiro atoms. The van der Waals surface area contributed by atoms with Crippen molar-refractivity contribution in [2.75, 3.05) is 154 Å². The molecule has 2 aromatic heterocycles. The molecule has 5 heterocycles. The van der Waals surface area contributed by atoms with Crippen LogP contribution in [0.1, 0.15) is 105 Å². The molecule has 680 valence electrons. The zero-order valence-electron chi connectivity index (χ0n) is 73.3. The molecule has 126 heavy (non-hydrogen) atoms. The lowest BCUT2D eigenvalue weighted by molar-refractivity contribution is -0.172. The maximum Gasteiger partial charge on any atom is 0.407 e. The van der Waals surface area contributed by atoms with Crippen molar-refractivity contribution in [2.24, 2.45) is 5.92 Å². The number of likely N-dealkylation sites (N-methyl/N-ethyl adjacent to an activating group) is 10. The first-order valence-corrected chi connectivity index (χ1v) is 40.4. The van der Waals surface area contributed by atoms with Gasteiger partial charge in [0, 0.05) is 137 Å². The van der Waals surface area contributed by atoms with E-state index in [-0.39, 0.29) is 74.1 Å². The number of carbonyl (C=O) groups excluding carboxylic acids is 19. The van der Waals surface area contributed by atoms with E-state index in [0.29, 0.717) is 57.4 Å². The van der Waals surface area contributed by atoms with Crippen LogP contribution < -0.4 is 37.5 Å². The van der Waals surface area contributed by atoms with Crippen molar-refractivity contribution >= 4 is 129 Å². The summed E-state index contributed by atoms with van der Waals surface area (Å²) >= 11 is 0. The van der Waals surface area contributed by atoms with Crippen LogP contribution in [0.2, 0.25) is 0 Å². The number of nitrogens with one attached hydrogen (secondary N) is 6. The number of aryl methyl sites for hydroxylation is 1. The molecule has 18 amide bonds. The molecule has 4 aliphatic rings. The van der Waals surface area contributed by atoms with Gasteiger partial charge in [0.25, 0.3) is 17.4 Å². The normalized spacial score (nSPS) is 15.2. The summed E-state index contributed by atoms with van der Waals surface area (Å²) < 4.78 is 27.9. The third kappa shape index (κ3) is 24.0. The maximum atomic E-state index is 15.5. The fourth-order valence-electron chi connectivity index (χ4n) is 14.0.